The Morgan fingerprint density at radius 2 is 2.11 bits per heavy atom. The Hall–Kier alpha value is -2.10. The van der Waals surface area contributed by atoms with Gasteiger partial charge in [-0.3, -0.25) is 0 Å². The Kier molecular flexibility index (Phi) is 2.84. The molecule has 3 rings (SSSR count). The zero-order chi connectivity index (χ0) is 12.4. The van der Waals surface area contributed by atoms with Gasteiger partial charge in [-0.25, -0.2) is 0 Å². The maximum absolute atomic E-state index is 5.78. The average Bonchev–Trinajstić information content (AvgIpc) is 2.47. The monoisotopic (exact) mass is 241 g/mol. The minimum absolute atomic E-state index is 0.768. The normalized spacial score (nSPS) is 13.6. The van der Waals surface area contributed by atoms with Crippen LogP contribution in [0.4, 0.5) is 5.82 Å². The molecule has 92 valence electrons. The molecule has 0 unspecified atom stereocenters. The van der Waals surface area contributed by atoms with Crippen molar-refractivity contribution in [3.05, 3.63) is 35.9 Å². The summed E-state index contributed by atoms with van der Waals surface area (Å²) >= 11 is 0. The molecule has 18 heavy (non-hydrogen) atoms. The Bertz CT molecular complexity index is 551. The van der Waals surface area contributed by atoms with E-state index >= 15 is 0 Å². The van der Waals surface area contributed by atoms with Gasteiger partial charge in [0.2, 0.25) is 0 Å². The third-order valence-electron chi connectivity index (χ3n) is 3.13. The summed E-state index contributed by atoms with van der Waals surface area (Å²) in [6.07, 6.45) is 2.16. The highest BCUT2D eigenvalue weighted by Crippen LogP contribution is 2.35. The van der Waals surface area contributed by atoms with Crippen molar-refractivity contribution < 1.29 is 4.74 Å². The van der Waals surface area contributed by atoms with Gasteiger partial charge < -0.3 is 10.1 Å². The van der Waals surface area contributed by atoms with Crippen LogP contribution in [-0.4, -0.2) is 23.9 Å². The fourth-order valence-electron chi connectivity index (χ4n) is 2.20. The standard InChI is InChI=1S/C14H15N3O/c1-15-13-8-7-12(16-17-13)11-6-2-4-10-5-3-9-18-14(10)11/h2,4,6-8H,3,5,9H2,1H3,(H,15,17). The Morgan fingerprint density at radius 1 is 1.17 bits per heavy atom. The zero-order valence-electron chi connectivity index (χ0n) is 10.3. The van der Waals surface area contributed by atoms with E-state index < -0.39 is 0 Å². The number of hydrogen-bond donors (Lipinski definition) is 1. The van der Waals surface area contributed by atoms with E-state index in [1.807, 2.05) is 25.2 Å². The number of ether oxygens (including phenoxy) is 1. The van der Waals surface area contributed by atoms with E-state index in [2.05, 4.69) is 27.6 Å². The van der Waals surface area contributed by atoms with Crippen molar-refractivity contribution >= 4 is 5.82 Å². The summed E-state index contributed by atoms with van der Waals surface area (Å²) < 4.78 is 5.78. The highest BCUT2D eigenvalue weighted by atomic mass is 16.5. The molecule has 1 N–H and O–H groups in total. The predicted molar refractivity (Wildman–Crippen MR) is 70.8 cm³/mol. The molecular weight excluding hydrogens is 226 g/mol. The smallest absolute Gasteiger partial charge is 0.148 e. The zero-order valence-corrected chi connectivity index (χ0v) is 10.3. The lowest BCUT2D eigenvalue weighted by molar-refractivity contribution is 0.289. The third kappa shape index (κ3) is 1.90. The lowest BCUT2D eigenvalue weighted by Gasteiger charge is -2.19. The molecular formula is C14H15N3O. The molecule has 4 heteroatoms. The number of hydrogen-bond acceptors (Lipinski definition) is 4. The maximum Gasteiger partial charge on any atom is 0.148 e. The molecule has 1 aliphatic heterocycles. The van der Waals surface area contributed by atoms with E-state index in [0.29, 0.717) is 0 Å². The molecule has 2 heterocycles. The van der Waals surface area contributed by atoms with Crippen LogP contribution in [0.2, 0.25) is 0 Å². The largest absolute Gasteiger partial charge is 0.493 e. The molecule has 4 nitrogen and oxygen atoms in total. The number of aromatic nitrogens is 2. The van der Waals surface area contributed by atoms with Crippen LogP contribution >= 0.6 is 0 Å². The van der Waals surface area contributed by atoms with E-state index in [0.717, 1.165) is 42.3 Å². The van der Waals surface area contributed by atoms with E-state index in [-0.39, 0.29) is 0 Å². The Labute approximate surface area is 106 Å². The molecule has 0 bridgehead atoms. The van der Waals surface area contributed by atoms with Gasteiger partial charge in [-0.2, -0.15) is 0 Å². The summed E-state index contributed by atoms with van der Waals surface area (Å²) in [4.78, 5) is 0. The first kappa shape index (κ1) is 11.0. The fourth-order valence-corrected chi connectivity index (χ4v) is 2.20. The van der Waals surface area contributed by atoms with Gasteiger partial charge in [-0.1, -0.05) is 12.1 Å². The summed E-state index contributed by atoms with van der Waals surface area (Å²) in [6.45, 7) is 0.784. The summed E-state index contributed by atoms with van der Waals surface area (Å²) in [7, 11) is 1.83. The van der Waals surface area contributed by atoms with Crippen molar-refractivity contribution in [2.45, 2.75) is 12.8 Å². The van der Waals surface area contributed by atoms with Crippen LogP contribution in [0.1, 0.15) is 12.0 Å². The van der Waals surface area contributed by atoms with Gasteiger partial charge in [0.25, 0.3) is 0 Å². The second-order valence-electron chi connectivity index (χ2n) is 4.30. The third-order valence-corrected chi connectivity index (χ3v) is 3.13. The first-order valence-electron chi connectivity index (χ1n) is 6.15. The van der Waals surface area contributed by atoms with Crippen molar-refractivity contribution in [3.8, 4) is 17.0 Å². The molecule has 0 fully saturated rings. The maximum atomic E-state index is 5.78. The van der Waals surface area contributed by atoms with Gasteiger partial charge in [0, 0.05) is 12.6 Å². The summed E-state index contributed by atoms with van der Waals surface area (Å²) in [6, 6.07) is 10.1. The van der Waals surface area contributed by atoms with Crippen LogP contribution in [0.15, 0.2) is 30.3 Å². The van der Waals surface area contributed by atoms with Crippen LogP contribution in [-0.2, 0) is 6.42 Å². The van der Waals surface area contributed by atoms with Crippen LogP contribution in [0.3, 0.4) is 0 Å². The van der Waals surface area contributed by atoms with Crippen molar-refractivity contribution in [2.24, 2.45) is 0 Å². The molecule has 0 radical (unpaired) electrons. The number of nitrogens with one attached hydrogen (secondary N) is 1. The molecule has 0 amide bonds. The predicted octanol–water partition coefficient (Wildman–Crippen LogP) is 2.51. The minimum Gasteiger partial charge on any atom is -0.493 e. The molecule has 0 aliphatic carbocycles. The number of benzene rings is 1. The number of para-hydroxylation sites is 1. The minimum atomic E-state index is 0.768. The highest BCUT2D eigenvalue weighted by Gasteiger charge is 2.16. The average molecular weight is 241 g/mol. The first-order valence-corrected chi connectivity index (χ1v) is 6.15. The fraction of sp³-hybridized carbons (Fsp3) is 0.286. The van der Waals surface area contributed by atoms with Gasteiger partial charge in [0.1, 0.15) is 11.6 Å². The molecule has 1 aromatic carbocycles. The molecule has 1 aromatic heterocycles. The Morgan fingerprint density at radius 3 is 2.89 bits per heavy atom. The van der Waals surface area contributed by atoms with E-state index in [9.17, 15) is 0 Å². The van der Waals surface area contributed by atoms with Crippen LogP contribution in [0.5, 0.6) is 5.75 Å². The molecule has 0 saturated carbocycles. The second kappa shape index (κ2) is 4.64. The van der Waals surface area contributed by atoms with Gasteiger partial charge >= 0.3 is 0 Å². The number of aryl methyl sites for hydroxylation is 1. The number of anilines is 1. The lowest BCUT2D eigenvalue weighted by atomic mass is 10.0. The summed E-state index contributed by atoms with van der Waals surface area (Å²) in [5.74, 6) is 1.74. The molecule has 1 aliphatic rings. The van der Waals surface area contributed by atoms with Crippen molar-refractivity contribution in [3.63, 3.8) is 0 Å². The quantitative estimate of drug-likeness (QED) is 0.877. The molecule has 2 aromatic rings. The van der Waals surface area contributed by atoms with Crippen molar-refractivity contribution in [2.75, 3.05) is 19.0 Å². The summed E-state index contributed by atoms with van der Waals surface area (Å²) in [5, 5.41) is 11.3. The number of nitrogens with zero attached hydrogens (tertiary/aromatic N) is 2. The molecule has 0 atom stereocenters. The lowest BCUT2D eigenvalue weighted by Crippen LogP contribution is -2.09. The highest BCUT2D eigenvalue weighted by molar-refractivity contribution is 5.69. The SMILES string of the molecule is CNc1ccc(-c2cccc3c2OCCC3)nn1. The van der Waals surface area contributed by atoms with Crippen molar-refractivity contribution in [1.82, 2.24) is 10.2 Å². The van der Waals surface area contributed by atoms with Gasteiger partial charge in [0.05, 0.1) is 12.3 Å². The van der Waals surface area contributed by atoms with Crippen LogP contribution in [0, 0.1) is 0 Å². The molecule has 0 spiro atoms. The first-order chi connectivity index (χ1) is 8.88. The van der Waals surface area contributed by atoms with E-state index in [1.165, 1.54) is 5.56 Å². The van der Waals surface area contributed by atoms with Crippen LogP contribution < -0.4 is 10.1 Å². The molecule has 0 saturated heterocycles. The van der Waals surface area contributed by atoms with Gasteiger partial charge in [0.15, 0.2) is 0 Å². The van der Waals surface area contributed by atoms with E-state index in [1.54, 1.807) is 0 Å². The van der Waals surface area contributed by atoms with Gasteiger partial charge in [-0.05, 0) is 36.6 Å². The number of fused-ring (bicyclic) bond motifs is 1. The van der Waals surface area contributed by atoms with Crippen molar-refractivity contribution in [1.29, 1.82) is 0 Å². The Balaban J connectivity index is 2.05. The van der Waals surface area contributed by atoms with E-state index in [4.69, 9.17) is 4.74 Å². The number of rotatable bonds is 2. The second-order valence-corrected chi connectivity index (χ2v) is 4.30. The topological polar surface area (TPSA) is 47.0 Å². The summed E-state index contributed by atoms with van der Waals surface area (Å²) in [5.41, 5.74) is 3.15. The van der Waals surface area contributed by atoms with Crippen LogP contribution in [0.25, 0.3) is 11.3 Å². The van der Waals surface area contributed by atoms with Gasteiger partial charge in [-0.15, -0.1) is 10.2 Å².